The molecule has 1 fully saturated rings. The van der Waals surface area contributed by atoms with E-state index >= 15 is 0 Å². The van der Waals surface area contributed by atoms with Gasteiger partial charge >= 0.3 is 6.18 Å². The highest BCUT2D eigenvalue weighted by Gasteiger charge is 2.34. The minimum absolute atomic E-state index is 0.0826. The molecule has 0 unspecified atom stereocenters. The maximum absolute atomic E-state index is 13.3. The molecule has 0 radical (unpaired) electrons. The van der Waals surface area contributed by atoms with Crippen molar-refractivity contribution in [1.29, 1.82) is 0 Å². The van der Waals surface area contributed by atoms with Crippen LogP contribution in [0.5, 0.6) is 0 Å². The van der Waals surface area contributed by atoms with Crippen molar-refractivity contribution in [1.82, 2.24) is 15.0 Å². The van der Waals surface area contributed by atoms with E-state index in [0.717, 1.165) is 32.1 Å². The summed E-state index contributed by atoms with van der Waals surface area (Å²) in [5.41, 5.74) is 0.955. The largest absolute Gasteiger partial charge is 0.418 e. The third-order valence-corrected chi connectivity index (χ3v) is 4.68. The highest BCUT2D eigenvalue weighted by atomic mass is 19.4. The van der Waals surface area contributed by atoms with Crippen LogP contribution in [0.3, 0.4) is 0 Å². The number of nitrogens with zero attached hydrogens (tertiary/aromatic N) is 2. The van der Waals surface area contributed by atoms with E-state index in [4.69, 9.17) is 4.74 Å². The molecule has 7 heteroatoms. The van der Waals surface area contributed by atoms with E-state index in [1.807, 2.05) is 6.08 Å². The predicted octanol–water partition coefficient (Wildman–Crippen LogP) is 5.08. The van der Waals surface area contributed by atoms with Gasteiger partial charge < -0.3 is 9.72 Å². The lowest BCUT2D eigenvalue weighted by molar-refractivity contribution is -0.137. The van der Waals surface area contributed by atoms with Crippen molar-refractivity contribution in [3.8, 4) is 11.3 Å². The predicted molar refractivity (Wildman–Crippen MR) is 96.9 cm³/mol. The van der Waals surface area contributed by atoms with Gasteiger partial charge in [0.15, 0.2) is 0 Å². The third kappa shape index (κ3) is 3.88. The van der Waals surface area contributed by atoms with Gasteiger partial charge in [0.25, 0.3) is 0 Å². The summed E-state index contributed by atoms with van der Waals surface area (Å²) in [6.07, 6.45) is 2.93. The quantitative estimate of drug-likeness (QED) is 0.696. The SMILES string of the molecule is FC(F)(F)c1cccnc1-c1ccc2nc(/C=C/C3CCOCC3)[nH]c2c1. The number of allylic oxidation sites excluding steroid dienone is 1. The molecule has 1 aromatic carbocycles. The first-order chi connectivity index (χ1) is 13.0. The van der Waals surface area contributed by atoms with E-state index in [1.54, 1.807) is 18.2 Å². The monoisotopic (exact) mass is 373 g/mol. The Morgan fingerprint density at radius 2 is 1.96 bits per heavy atom. The molecule has 2 aromatic heterocycles. The molecule has 140 valence electrons. The number of fused-ring (bicyclic) bond motifs is 1. The molecule has 4 nitrogen and oxygen atoms in total. The Labute approximate surface area is 154 Å². The first-order valence-electron chi connectivity index (χ1n) is 8.79. The number of hydrogen-bond acceptors (Lipinski definition) is 3. The minimum atomic E-state index is -4.45. The Bertz CT molecular complexity index is 972. The molecule has 1 saturated heterocycles. The van der Waals surface area contributed by atoms with Gasteiger partial charge in [0.2, 0.25) is 0 Å². The number of nitrogens with one attached hydrogen (secondary N) is 1. The van der Waals surface area contributed by atoms with E-state index < -0.39 is 11.7 Å². The molecule has 1 N–H and O–H groups in total. The number of rotatable bonds is 3. The number of pyridine rings is 1. The number of H-pyrrole nitrogens is 1. The Kier molecular flexibility index (Phi) is 4.70. The van der Waals surface area contributed by atoms with Crippen LogP contribution in [0.1, 0.15) is 24.2 Å². The number of hydrogen-bond donors (Lipinski definition) is 1. The average molecular weight is 373 g/mol. The highest BCUT2D eigenvalue weighted by molar-refractivity contribution is 5.83. The van der Waals surface area contributed by atoms with E-state index in [9.17, 15) is 13.2 Å². The van der Waals surface area contributed by atoms with Crippen LogP contribution in [0.4, 0.5) is 13.2 Å². The minimum Gasteiger partial charge on any atom is -0.381 e. The van der Waals surface area contributed by atoms with E-state index in [-0.39, 0.29) is 5.69 Å². The van der Waals surface area contributed by atoms with E-state index in [1.165, 1.54) is 12.3 Å². The number of alkyl halides is 3. The van der Waals surface area contributed by atoms with Crippen molar-refractivity contribution in [2.24, 2.45) is 5.92 Å². The Balaban J connectivity index is 1.65. The summed E-state index contributed by atoms with van der Waals surface area (Å²) in [6.45, 7) is 1.54. The highest BCUT2D eigenvalue weighted by Crippen LogP contribution is 2.36. The van der Waals surface area contributed by atoms with Crippen molar-refractivity contribution >= 4 is 17.1 Å². The topological polar surface area (TPSA) is 50.8 Å². The maximum atomic E-state index is 13.3. The zero-order chi connectivity index (χ0) is 18.9. The summed E-state index contributed by atoms with van der Waals surface area (Å²) in [7, 11) is 0. The third-order valence-electron chi connectivity index (χ3n) is 4.68. The number of imidazole rings is 1. The average Bonchev–Trinajstić information content (AvgIpc) is 3.08. The Hall–Kier alpha value is -2.67. The van der Waals surface area contributed by atoms with Crippen LogP contribution in [-0.4, -0.2) is 28.2 Å². The molecule has 27 heavy (non-hydrogen) atoms. The van der Waals surface area contributed by atoms with Crippen LogP contribution in [0.15, 0.2) is 42.6 Å². The van der Waals surface area contributed by atoms with Crippen molar-refractivity contribution in [3.63, 3.8) is 0 Å². The zero-order valence-electron chi connectivity index (χ0n) is 14.5. The molecule has 3 aromatic rings. The molecule has 0 aliphatic carbocycles. The van der Waals surface area contributed by atoms with Crippen LogP contribution in [0, 0.1) is 5.92 Å². The fourth-order valence-corrected chi connectivity index (χ4v) is 3.26. The van der Waals surface area contributed by atoms with Crippen LogP contribution in [-0.2, 0) is 10.9 Å². The second-order valence-corrected chi connectivity index (χ2v) is 6.56. The number of aromatic nitrogens is 3. The van der Waals surface area contributed by atoms with Gasteiger partial charge in [-0.1, -0.05) is 12.1 Å². The van der Waals surface area contributed by atoms with Gasteiger partial charge in [-0.2, -0.15) is 13.2 Å². The lowest BCUT2D eigenvalue weighted by atomic mass is 10.00. The van der Waals surface area contributed by atoms with Crippen LogP contribution >= 0.6 is 0 Å². The molecule has 1 aliphatic heterocycles. The zero-order valence-corrected chi connectivity index (χ0v) is 14.5. The van der Waals surface area contributed by atoms with Crippen LogP contribution < -0.4 is 0 Å². The molecule has 0 atom stereocenters. The summed E-state index contributed by atoms with van der Waals surface area (Å²) in [5, 5.41) is 0. The normalized spacial score (nSPS) is 16.4. The Morgan fingerprint density at radius 1 is 1.15 bits per heavy atom. The van der Waals surface area contributed by atoms with Gasteiger partial charge in [0.05, 0.1) is 22.3 Å². The lowest BCUT2D eigenvalue weighted by Gasteiger charge is -2.18. The van der Waals surface area contributed by atoms with Crippen molar-refractivity contribution in [3.05, 3.63) is 54.0 Å². The molecule has 0 bridgehead atoms. The first kappa shape index (κ1) is 17.7. The molecular formula is C20H18F3N3O. The van der Waals surface area contributed by atoms with Gasteiger partial charge in [-0.25, -0.2) is 4.98 Å². The first-order valence-corrected chi connectivity index (χ1v) is 8.79. The van der Waals surface area contributed by atoms with Gasteiger partial charge in [-0.15, -0.1) is 0 Å². The summed E-state index contributed by atoms with van der Waals surface area (Å²) >= 11 is 0. The number of halogens is 3. The molecular weight excluding hydrogens is 355 g/mol. The Morgan fingerprint density at radius 3 is 2.74 bits per heavy atom. The molecule has 3 heterocycles. The molecule has 1 aliphatic rings. The smallest absolute Gasteiger partial charge is 0.381 e. The van der Waals surface area contributed by atoms with Crippen LogP contribution in [0.2, 0.25) is 0 Å². The van der Waals surface area contributed by atoms with E-state index in [0.29, 0.717) is 28.3 Å². The van der Waals surface area contributed by atoms with Gasteiger partial charge in [-0.05, 0) is 49.1 Å². The van der Waals surface area contributed by atoms with Crippen LogP contribution in [0.25, 0.3) is 28.4 Å². The van der Waals surface area contributed by atoms with Crippen molar-refractivity contribution in [2.75, 3.05) is 13.2 Å². The number of ether oxygens (including phenoxy) is 1. The molecule has 0 spiro atoms. The standard InChI is InChI=1S/C20H18F3N3O/c21-20(22,23)15-2-1-9-24-19(15)14-4-5-16-17(12-14)26-18(25-16)6-3-13-7-10-27-11-8-13/h1-6,9,12-13H,7-8,10-11H2,(H,25,26)/b6-3+. The van der Waals surface area contributed by atoms with Gasteiger partial charge in [0, 0.05) is 25.0 Å². The molecule has 4 rings (SSSR count). The maximum Gasteiger partial charge on any atom is 0.418 e. The summed E-state index contributed by atoms with van der Waals surface area (Å²) in [6, 6.07) is 7.32. The van der Waals surface area contributed by atoms with Crippen molar-refractivity contribution in [2.45, 2.75) is 19.0 Å². The lowest BCUT2D eigenvalue weighted by Crippen LogP contribution is -2.13. The number of aromatic amines is 1. The number of benzene rings is 1. The molecule has 0 saturated carbocycles. The fraction of sp³-hybridized carbons (Fsp3) is 0.300. The summed E-state index contributed by atoms with van der Waals surface area (Å²) in [5.74, 6) is 1.15. The van der Waals surface area contributed by atoms with Gasteiger partial charge in [-0.3, -0.25) is 4.98 Å². The second kappa shape index (κ2) is 7.15. The molecule has 0 amide bonds. The van der Waals surface area contributed by atoms with E-state index in [2.05, 4.69) is 21.0 Å². The van der Waals surface area contributed by atoms with Gasteiger partial charge in [0.1, 0.15) is 5.82 Å². The summed E-state index contributed by atoms with van der Waals surface area (Å²) in [4.78, 5) is 11.6. The second-order valence-electron chi connectivity index (χ2n) is 6.56. The fourth-order valence-electron chi connectivity index (χ4n) is 3.26. The van der Waals surface area contributed by atoms with Crippen molar-refractivity contribution < 1.29 is 17.9 Å². The summed E-state index contributed by atoms with van der Waals surface area (Å²) < 4.78 is 45.1.